The van der Waals surface area contributed by atoms with E-state index in [9.17, 15) is 4.39 Å². The number of hydrogen-bond acceptors (Lipinski definition) is 1. The number of hydrogen-bond donors (Lipinski definition) is 0. The second kappa shape index (κ2) is 6.07. The van der Waals surface area contributed by atoms with Gasteiger partial charge < -0.3 is 4.90 Å². The average molecular weight is 278 g/mol. The summed E-state index contributed by atoms with van der Waals surface area (Å²) in [6, 6.07) is 13.1. The second-order valence-electron chi connectivity index (χ2n) is 4.48. The molecular weight excluding hydrogens is 261 g/mol. The van der Waals surface area contributed by atoms with Crippen LogP contribution in [0.3, 0.4) is 0 Å². The largest absolute Gasteiger partial charge is 0.341 e. The van der Waals surface area contributed by atoms with Crippen LogP contribution in [-0.4, -0.2) is 6.54 Å². The highest BCUT2D eigenvalue weighted by Gasteiger charge is 2.11. The maximum absolute atomic E-state index is 13.6. The van der Waals surface area contributed by atoms with Crippen LogP contribution in [0.25, 0.3) is 0 Å². The normalized spacial score (nSPS) is 10.5. The number of rotatable bonds is 4. The summed E-state index contributed by atoms with van der Waals surface area (Å²) in [5.41, 5.74) is 3.90. The highest BCUT2D eigenvalue weighted by molar-refractivity contribution is 6.17. The number of anilines is 2. The Morgan fingerprint density at radius 2 is 1.89 bits per heavy atom. The number of aryl methyl sites for hydroxylation is 1. The molecule has 0 bridgehead atoms. The molecule has 0 saturated heterocycles. The van der Waals surface area contributed by atoms with Crippen molar-refractivity contribution >= 4 is 23.0 Å². The van der Waals surface area contributed by atoms with Crippen LogP contribution < -0.4 is 4.90 Å². The van der Waals surface area contributed by atoms with E-state index in [4.69, 9.17) is 11.6 Å². The third-order valence-electron chi connectivity index (χ3n) is 3.13. The van der Waals surface area contributed by atoms with Crippen molar-refractivity contribution in [3.63, 3.8) is 0 Å². The van der Waals surface area contributed by atoms with Crippen molar-refractivity contribution in [3.05, 3.63) is 59.4 Å². The Morgan fingerprint density at radius 1 is 1.16 bits per heavy atom. The molecule has 1 nitrogen and oxygen atoms in total. The first-order chi connectivity index (χ1) is 9.15. The van der Waals surface area contributed by atoms with Crippen LogP contribution in [-0.2, 0) is 5.88 Å². The van der Waals surface area contributed by atoms with Gasteiger partial charge in [0.2, 0.25) is 0 Å². The summed E-state index contributed by atoms with van der Waals surface area (Å²) in [7, 11) is 0. The molecule has 0 aliphatic carbocycles. The van der Waals surface area contributed by atoms with Gasteiger partial charge in [-0.15, -0.1) is 11.6 Å². The van der Waals surface area contributed by atoms with Crippen LogP contribution in [0, 0.1) is 12.7 Å². The van der Waals surface area contributed by atoms with Crippen LogP contribution >= 0.6 is 11.6 Å². The van der Waals surface area contributed by atoms with Crippen molar-refractivity contribution < 1.29 is 4.39 Å². The van der Waals surface area contributed by atoms with Crippen molar-refractivity contribution in [1.82, 2.24) is 0 Å². The van der Waals surface area contributed by atoms with Gasteiger partial charge in [-0.2, -0.15) is 0 Å². The summed E-state index contributed by atoms with van der Waals surface area (Å²) in [5, 5.41) is 0. The topological polar surface area (TPSA) is 3.24 Å². The van der Waals surface area contributed by atoms with Crippen LogP contribution in [0.1, 0.15) is 18.1 Å². The predicted octanol–water partition coefficient (Wildman–Crippen LogP) is 5.03. The standard InChI is InChI=1S/C16H17ClFN/c1-3-19(16-7-5-4-6-12(16)2)15-9-13(11-17)8-14(18)10-15/h4-10H,3,11H2,1-2H3. The third-order valence-corrected chi connectivity index (χ3v) is 3.44. The minimum absolute atomic E-state index is 0.250. The van der Waals surface area contributed by atoms with E-state index in [1.54, 1.807) is 6.07 Å². The molecule has 0 saturated carbocycles. The Balaban J connectivity index is 2.48. The highest BCUT2D eigenvalue weighted by atomic mass is 35.5. The van der Waals surface area contributed by atoms with Gasteiger partial charge in [0, 0.05) is 23.8 Å². The lowest BCUT2D eigenvalue weighted by Crippen LogP contribution is -2.17. The van der Waals surface area contributed by atoms with Crippen molar-refractivity contribution in [2.45, 2.75) is 19.7 Å². The minimum Gasteiger partial charge on any atom is -0.341 e. The summed E-state index contributed by atoms with van der Waals surface area (Å²) >= 11 is 5.81. The summed E-state index contributed by atoms with van der Waals surface area (Å²) in [6.07, 6.45) is 0. The lowest BCUT2D eigenvalue weighted by molar-refractivity contribution is 0.626. The lowest BCUT2D eigenvalue weighted by Gasteiger charge is -2.25. The van der Waals surface area contributed by atoms with Crippen LogP contribution in [0.4, 0.5) is 15.8 Å². The molecule has 0 N–H and O–H groups in total. The Morgan fingerprint density at radius 3 is 2.53 bits per heavy atom. The molecule has 0 fully saturated rings. The molecule has 0 aliphatic rings. The predicted molar refractivity (Wildman–Crippen MR) is 79.8 cm³/mol. The first kappa shape index (κ1) is 13.9. The zero-order chi connectivity index (χ0) is 13.8. The molecule has 0 unspecified atom stereocenters. The molecule has 0 radical (unpaired) electrons. The summed E-state index contributed by atoms with van der Waals surface area (Å²) in [4.78, 5) is 2.09. The minimum atomic E-state index is -0.250. The molecule has 2 aromatic carbocycles. The molecule has 2 rings (SSSR count). The molecule has 0 aromatic heterocycles. The van der Waals surface area contributed by atoms with Gasteiger partial charge in [-0.1, -0.05) is 18.2 Å². The number of alkyl halides is 1. The monoisotopic (exact) mass is 277 g/mol. The fourth-order valence-corrected chi connectivity index (χ4v) is 2.38. The van der Waals surface area contributed by atoms with Gasteiger partial charge in [-0.05, 0) is 49.2 Å². The molecule has 0 spiro atoms. The van der Waals surface area contributed by atoms with Crippen LogP contribution in [0.5, 0.6) is 0 Å². The number of halogens is 2. The maximum atomic E-state index is 13.6. The molecule has 3 heteroatoms. The molecule has 0 atom stereocenters. The van der Waals surface area contributed by atoms with Gasteiger partial charge in [0.05, 0.1) is 0 Å². The van der Waals surface area contributed by atoms with Crippen molar-refractivity contribution in [2.75, 3.05) is 11.4 Å². The Bertz CT molecular complexity index is 568. The summed E-state index contributed by atoms with van der Waals surface area (Å²) < 4.78 is 13.6. The molecule has 19 heavy (non-hydrogen) atoms. The van der Waals surface area contributed by atoms with Gasteiger partial charge in [0.15, 0.2) is 0 Å². The highest BCUT2D eigenvalue weighted by Crippen LogP contribution is 2.29. The van der Waals surface area contributed by atoms with E-state index in [1.807, 2.05) is 24.3 Å². The van der Waals surface area contributed by atoms with E-state index in [2.05, 4.69) is 24.8 Å². The molecule has 0 amide bonds. The van der Waals surface area contributed by atoms with Crippen molar-refractivity contribution in [1.29, 1.82) is 0 Å². The zero-order valence-electron chi connectivity index (χ0n) is 11.2. The van der Waals surface area contributed by atoms with E-state index in [1.165, 1.54) is 11.6 Å². The quantitative estimate of drug-likeness (QED) is 0.709. The smallest absolute Gasteiger partial charge is 0.125 e. The van der Waals surface area contributed by atoms with Crippen LogP contribution in [0.2, 0.25) is 0 Å². The molecule has 0 aliphatic heterocycles. The fourth-order valence-electron chi connectivity index (χ4n) is 2.22. The Hall–Kier alpha value is -1.54. The Kier molecular flexibility index (Phi) is 4.43. The fraction of sp³-hybridized carbons (Fsp3) is 0.250. The molecule has 0 heterocycles. The SMILES string of the molecule is CCN(c1cc(F)cc(CCl)c1)c1ccccc1C. The number of para-hydroxylation sites is 1. The molecule has 100 valence electrons. The summed E-state index contributed by atoms with van der Waals surface area (Å²) in [6.45, 7) is 4.88. The van der Waals surface area contributed by atoms with Gasteiger partial charge in [-0.3, -0.25) is 0 Å². The van der Waals surface area contributed by atoms with E-state index >= 15 is 0 Å². The van der Waals surface area contributed by atoms with Gasteiger partial charge in [0.25, 0.3) is 0 Å². The van der Waals surface area contributed by atoms with Gasteiger partial charge in [-0.25, -0.2) is 4.39 Å². The zero-order valence-corrected chi connectivity index (χ0v) is 11.9. The van der Waals surface area contributed by atoms with Crippen molar-refractivity contribution in [2.24, 2.45) is 0 Å². The van der Waals surface area contributed by atoms with Gasteiger partial charge in [0.1, 0.15) is 5.82 Å². The molecule has 2 aromatic rings. The van der Waals surface area contributed by atoms with E-state index in [0.717, 1.165) is 23.5 Å². The van der Waals surface area contributed by atoms with Crippen LogP contribution in [0.15, 0.2) is 42.5 Å². The molecular formula is C16H17ClFN. The summed E-state index contributed by atoms with van der Waals surface area (Å²) in [5.74, 6) is 0.0657. The first-order valence-electron chi connectivity index (χ1n) is 6.34. The van der Waals surface area contributed by atoms with E-state index in [-0.39, 0.29) is 5.82 Å². The Labute approximate surface area is 118 Å². The number of benzene rings is 2. The third kappa shape index (κ3) is 3.07. The second-order valence-corrected chi connectivity index (χ2v) is 4.75. The average Bonchev–Trinajstić information content (AvgIpc) is 2.41. The van der Waals surface area contributed by atoms with Crippen molar-refractivity contribution in [3.8, 4) is 0 Å². The van der Waals surface area contributed by atoms with E-state index in [0.29, 0.717) is 5.88 Å². The maximum Gasteiger partial charge on any atom is 0.125 e. The first-order valence-corrected chi connectivity index (χ1v) is 6.87. The lowest BCUT2D eigenvalue weighted by atomic mass is 10.1. The number of nitrogens with zero attached hydrogens (tertiary/aromatic N) is 1. The van der Waals surface area contributed by atoms with Gasteiger partial charge >= 0.3 is 0 Å². The van der Waals surface area contributed by atoms with E-state index < -0.39 is 0 Å².